The predicted octanol–water partition coefficient (Wildman–Crippen LogP) is 4.82. The third-order valence-electron chi connectivity index (χ3n) is 4.31. The number of hydrogen-bond acceptors (Lipinski definition) is 4. The lowest BCUT2D eigenvalue weighted by Gasteiger charge is -2.13. The van der Waals surface area contributed by atoms with Crippen LogP contribution in [0.2, 0.25) is 0 Å². The smallest absolute Gasteiger partial charge is 0.341 e. The number of methoxy groups -OCH3 is 1. The highest BCUT2D eigenvalue weighted by molar-refractivity contribution is 5.83. The van der Waals surface area contributed by atoms with Crippen molar-refractivity contribution >= 4 is 11.7 Å². The van der Waals surface area contributed by atoms with Gasteiger partial charge in [0.05, 0.1) is 13.7 Å². The molecule has 0 amide bonds. The van der Waals surface area contributed by atoms with Crippen LogP contribution < -0.4 is 10.1 Å². The van der Waals surface area contributed by atoms with E-state index < -0.39 is 6.04 Å². The number of unbranched alkanes of at least 4 members (excludes halogenated alkanes) is 2. The number of carbonyl (C=O) groups excluding carboxylic acids is 1. The standard InChI is InChI=1S/C24H29NO3/c1-4-6-7-8-19-9-11-20(12-10-19)13-18-23(24(26)28-5-2)25-21-14-16-22(27-3)17-15-21/h9-12,14-17,23,25H,4-8H2,1-3H3. The lowest BCUT2D eigenvalue weighted by atomic mass is 10.1. The Morgan fingerprint density at radius 2 is 1.75 bits per heavy atom. The second-order valence-corrected chi connectivity index (χ2v) is 6.48. The van der Waals surface area contributed by atoms with Crippen molar-refractivity contribution in [2.75, 3.05) is 19.0 Å². The van der Waals surface area contributed by atoms with Crippen LogP contribution in [-0.4, -0.2) is 25.7 Å². The number of anilines is 1. The van der Waals surface area contributed by atoms with Crippen LogP contribution in [0.1, 0.15) is 44.2 Å². The SMILES string of the molecule is CCCCCc1ccc(C#CC(Nc2ccc(OC)cc2)C(=O)OCC)cc1. The van der Waals surface area contributed by atoms with Gasteiger partial charge in [0.2, 0.25) is 0 Å². The summed E-state index contributed by atoms with van der Waals surface area (Å²) in [5.74, 6) is 6.45. The molecule has 0 aliphatic rings. The van der Waals surface area contributed by atoms with Gasteiger partial charge in [0.1, 0.15) is 5.75 Å². The monoisotopic (exact) mass is 379 g/mol. The Balaban J connectivity index is 2.08. The zero-order valence-corrected chi connectivity index (χ0v) is 17.0. The maximum atomic E-state index is 12.3. The number of esters is 1. The van der Waals surface area contributed by atoms with Crippen molar-refractivity contribution in [2.45, 2.75) is 45.6 Å². The topological polar surface area (TPSA) is 47.6 Å². The summed E-state index contributed by atoms with van der Waals surface area (Å²) in [5.41, 5.74) is 2.97. The fourth-order valence-corrected chi connectivity index (χ4v) is 2.72. The van der Waals surface area contributed by atoms with Crippen LogP contribution in [0.4, 0.5) is 5.69 Å². The van der Waals surface area contributed by atoms with Crippen molar-refractivity contribution in [3.8, 4) is 17.6 Å². The Morgan fingerprint density at radius 3 is 2.36 bits per heavy atom. The molecule has 2 aromatic rings. The normalized spacial score (nSPS) is 11.1. The van der Waals surface area contributed by atoms with E-state index in [1.807, 2.05) is 36.4 Å². The van der Waals surface area contributed by atoms with E-state index in [0.29, 0.717) is 6.61 Å². The molecule has 4 nitrogen and oxygen atoms in total. The van der Waals surface area contributed by atoms with E-state index >= 15 is 0 Å². The van der Waals surface area contributed by atoms with Crippen molar-refractivity contribution in [3.05, 3.63) is 59.7 Å². The summed E-state index contributed by atoms with van der Waals surface area (Å²) in [7, 11) is 1.62. The molecule has 0 radical (unpaired) electrons. The van der Waals surface area contributed by atoms with Crippen LogP contribution in [0.3, 0.4) is 0 Å². The lowest BCUT2D eigenvalue weighted by Crippen LogP contribution is -2.30. The molecule has 0 bridgehead atoms. The molecular formula is C24H29NO3. The molecule has 2 aromatic carbocycles. The van der Waals surface area contributed by atoms with Crippen molar-refractivity contribution in [3.63, 3.8) is 0 Å². The zero-order chi connectivity index (χ0) is 20.2. The second-order valence-electron chi connectivity index (χ2n) is 6.48. The third-order valence-corrected chi connectivity index (χ3v) is 4.31. The second kappa shape index (κ2) is 11.7. The quantitative estimate of drug-likeness (QED) is 0.385. The van der Waals surface area contributed by atoms with E-state index in [4.69, 9.17) is 9.47 Å². The third kappa shape index (κ3) is 7.00. The number of hydrogen-bond donors (Lipinski definition) is 1. The Kier molecular flexibility index (Phi) is 8.94. The number of ether oxygens (including phenoxy) is 2. The van der Waals surface area contributed by atoms with E-state index in [1.165, 1.54) is 24.8 Å². The summed E-state index contributed by atoms with van der Waals surface area (Å²) in [6.07, 6.45) is 4.77. The summed E-state index contributed by atoms with van der Waals surface area (Å²) in [4.78, 5) is 12.3. The summed E-state index contributed by atoms with van der Waals surface area (Å²) < 4.78 is 10.3. The first-order chi connectivity index (χ1) is 13.7. The van der Waals surface area contributed by atoms with Crippen LogP contribution in [0.25, 0.3) is 0 Å². The minimum atomic E-state index is -0.738. The van der Waals surface area contributed by atoms with Crippen molar-refractivity contribution in [1.82, 2.24) is 0 Å². The molecule has 4 heteroatoms. The van der Waals surface area contributed by atoms with Gasteiger partial charge in [-0.15, -0.1) is 0 Å². The predicted molar refractivity (Wildman–Crippen MR) is 114 cm³/mol. The van der Waals surface area contributed by atoms with E-state index in [-0.39, 0.29) is 5.97 Å². The highest BCUT2D eigenvalue weighted by atomic mass is 16.5. The first-order valence-corrected chi connectivity index (χ1v) is 9.84. The molecule has 0 heterocycles. The fraction of sp³-hybridized carbons (Fsp3) is 0.375. The van der Waals surface area contributed by atoms with Crippen LogP contribution in [0.5, 0.6) is 5.75 Å². The molecule has 0 saturated carbocycles. The molecular weight excluding hydrogens is 350 g/mol. The average molecular weight is 380 g/mol. The molecule has 0 aliphatic carbocycles. The molecule has 0 fully saturated rings. The van der Waals surface area contributed by atoms with Gasteiger partial charge in [0.15, 0.2) is 6.04 Å². The summed E-state index contributed by atoms with van der Waals surface area (Å²) in [6, 6.07) is 14.8. The van der Waals surface area contributed by atoms with Gasteiger partial charge in [-0.1, -0.05) is 43.7 Å². The molecule has 148 valence electrons. The Labute approximate surface area is 168 Å². The van der Waals surface area contributed by atoms with Crippen molar-refractivity contribution < 1.29 is 14.3 Å². The molecule has 1 atom stereocenters. The molecule has 0 saturated heterocycles. The Hall–Kier alpha value is -2.93. The minimum Gasteiger partial charge on any atom is -0.497 e. The average Bonchev–Trinajstić information content (AvgIpc) is 2.73. The Bertz CT molecular complexity index is 785. The van der Waals surface area contributed by atoms with E-state index in [0.717, 1.165) is 23.4 Å². The van der Waals surface area contributed by atoms with Gasteiger partial charge in [-0.25, -0.2) is 4.79 Å². The van der Waals surface area contributed by atoms with Gasteiger partial charge in [-0.3, -0.25) is 0 Å². The van der Waals surface area contributed by atoms with E-state index in [9.17, 15) is 4.79 Å². The van der Waals surface area contributed by atoms with Gasteiger partial charge in [0, 0.05) is 11.3 Å². The number of nitrogens with one attached hydrogen (secondary N) is 1. The lowest BCUT2D eigenvalue weighted by molar-refractivity contribution is -0.142. The van der Waals surface area contributed by atoms with E-state index in [2.05, 4.69) is 36.2 Å². The van der Waals surface area contributed by atoms with Gasteiger partial charge >= 0.3 is 5.97 Å². The number of carbonyl (C=O) groups is 1. The van der Waals surface area contributed by atoms with Crippen molar-refractivity contribution in [2.24, 2.45) is 0 Å². The number of benzene rings is 2. The van der Waals surface area contributed by atoms with Gasteiger partial charge in [-0.05, 0) is 61.7 Å². The Morgan fingerprint density at radius 1 is 1.04 bits per heavy atom. The highest BCUT2D eigenvalue weighted by Crippen LogP contribution is 2.16. The van der Waals surface area contributed by atoms with Crippen LogP contribution in [0.15, 0.2) is 48.5 Å². The summed E-state index contributed by atoms with van der Waals surface area (Å²) >= 11 is 0. The van der Waals surface area contributed by atoms with Gasteiger partial charge in [-0.2, -0.15) is 0 Å². The number of aryl methyl sites for hydroxylation is 1. The molecule has 28 heavy (non-hydrogen) atoms. The minimum absolute atomic E-state index is 0.313. The highest BCUT2D eigenvalue weighted by Gasteiger charge is 2.17. The molecule has 2 rings (SSSR count). The maximum absolute atomic E-state index is 12.3. The summed E-state index contributed by atoms with van der Waals surface area (Å²) in [5, 5.41) is 3.13. The van der Waals surface area contributed by atoms with Crippen molar-refractivity contribution in [1.29, 1.82) is 0 Å². The summed E-state index contributed by atoms with van der Waals surface area (Å²) in [6.45, 7) is 4.30. The van der Waals surface area contributed by atoms with E-state index in [1.54, 1.807) is 14.0 Å². The molecule has 0 aromatic heterocycles. The molecule has 0 aliphatic heterocycles. The van der Waals surface area contributed by atoms with Crippen LogP contribution >= 0.6 is 0 Å². The maximum Gasteiger partial charge on any atom is 0.341 e. The zero-order valence-electron chi connectivity index (χ0n) is 17.0. The van der Waals surface area contributed by atoms with Gasteiger partial charge < -0.3 is 14.8 Å². The molecule has 0 spiro atoms. The largest absolute Gasteiger partial charge is 0.497 e. The van der Waals surface area contributed by atoms with Gasteiger partial charge in [0.25, 0.3) is 0 Å². The number of rotatable bonds is 9. The first kappa shape index (κ1) is 21.4. The first-order valence-electron chi connectivity index (χ1n) is 9.84. The molecule has 1 unspecified atom stereocenters. The fourth-order valence-electron chi connectivity index (χ4n) is 2.72. The van der Waals surface area contributed by atoms with Crippen LogP contribution in [-0.2, 0) is 16.0 Å². The van der Waals surface area contributed by atoms with Crippen LogP contribution in [0, 0.1) is 11.8 Å². The molecule has 1 N–H and O–H groups in total.